The first kappa shape index (κ1) is 17.9. The van der Waals surface area contributed by atoms with E-state index in [0.29, 0.717) is 12.2 Å². The number of aromatic nitrogens is 2. The van der Waals surface area contributed by atoms with Crippen LogP contribution in [0.1, 0.15) is 36.0 Å². The van der Waals surface area contributed by atoms with Gasteiger partial charge in [0.1, 0.15) is 31.2 Å². The van der Waals surface area contributed by atoms with Crippen LogP contribution in [0.5, 0.6) is 0 Å². The highest BCUT2D eigenvalue weighted by Gasteiger charge is 2.22. The summed E-state index contributed by atoms with van der Waals surface area (Å²) in [6.07, 6.45) is 9.94. The number of rotatable bonds is 7. The van der Waals surface area contributed by atoms with Crippen molar-refractivity contribution in [3.05, 3.63) is 52.6 Å². The third-order valence-corrected chi connectivity index (χ3v) is 4.55. The molecule has 0 saturated heterocycles. The summed E-state index contributed by atoms with van der Waals surface area (Å²) >= 11 is 0. The lowest BCUT2D eigenvalue weighted by atomic mass is 10.1. The molecule has 0 aliphatic heterocycles. The number of ether oxygens (including phenoxy) is 1. The van der Waals surface area contributed by atoms with Crippen molar-refractivity contribution in [3.8, 4) is 0 Å². The highest BCUT2D eigenvalue weighted by molar-refractivity contribution is 5.91. The lowest BCUT2D eigenvalue weighted by molar-refractivity contribution is -0.671. The van der Waals surface area contributed by atoms with Crippen LogP contribution < -0.4 is 9.88 Å². The van der Waals surface area contributed by atoms with E-state index in [4.69, 9.17) is 4.74 Å². The predicted octanol–water partition coefficient (Wildman–Crippen LogP) is 2.43. The maximum atomic E-state index is 12.2. The number of benzene rings is 1. The van der Waals surface area contributed by atoms with Gasteiger partial charge in [-0.05, 0) is 25.0 Å². The second-order valence-corrected chi connectivity index (χ2v) is 6.57. The average Bonchev–Trinajstić information content (AvgIpc) is 3.26. The average molecular weight is 359 g/mol. The van der Waals surface area contributed by atoms with E-state index in [-0.39, 0.29) is 23.9 Å². The van der Waals surface area contributed by atoms with Gasteiger partial charge in [0.05, 0.1) is 17.5 Å². The van der Waals surface area contributed by atoms with Crippen LogP contribution in [0.15, 0.2) is 36.9 Å². The van der Waals surface area contributed by atoms with E-state index in [0.717, 1.165) is 25.7 Å². The third kappa shape index (κ3) is 4.38. The molecule has 0 atom stereocenters. The van der Waals surface area contributed by atoms with Crippen LogP contribution in [0, 0.1) is 10.1 Å². The molecule has 0 radical (unpaired) electrons. The largest absolute Gasteiger partial charge is 0.458 e. The normalized spacial score (nSPS) is 14.3. The fraction of sp³-hybridized carbons (Fsp3) is 0.444. The molecule has 0 unspecified atom stereocenters. The molecule has 1 fully saturated rings. The number of hydrogen-bond donors (Lipinski definition) is 1. The zero-order chi connectivity index (χ0) is 18.5. The first-order chi connectivity index (χ1) is 12.5. The minimum Gasteiger partial charge on any atom is -0.458 e. The summed E-state index contributed by atoms with van der Waals surface area (Å²) in [5.41, 5.74) is 0.550. The molecule has 3 rings (SSSR count). The lowest BCUT2D eigenvalue weighted by Crippen LogP contribution is -2.24. The number of imidazole rings is 1. The Morgan fingerprint density at radius 3 is 2.85 bits per heavy atom. The molecule has 1 aliphatic carbocycles. The smallest absolute Gasteiger partial charge is 0.338 e. The third-order valence-electron chi connectivity index (χ3n) is 4.55. The molecule has 8 nitrogen and oxygen atoms in total. The Hall–Kier alpha value is -2.90. The summed E-state index contributed by atoms with van der Waals surface area (Å²) in [6.45, 7) is 0.722. The number of nitro benzene ring substituents is 1. The van der Waals surface area contributed by atoms with E-state index < -0.39 is 10.9 Å². The number of nitrogens with one attached hydrogen (secondary N) is 1. The van der Waals surface area contributed by atoms with Gasteiger partial charge in [-0.2, -0.15) is 0 Å². The number of esters is 1. The first-order valence-electron chi connectivity index (χ1n) is 8.76. The van der Waals surface area contributed by atoms with Crippen molar-refractivity contribution in [1.82, 2.24) is 4.57 Å². The number of hydrogen-bond acceptors (Lipinski definition) is 5. The monoisotopic (exact) mass is 359 g/mol. The Labute approximate surface area is 151 Å². The molecule has 138 valence electrons. The number of anilines is 1. The van der Waals surface area contributed by atoms with Gasteiger partial charge in [0.15, 0.2) is 0 Å². The number of carbonyl (C=O) groups is 1. The van der Waals surface area contributed by atoms with E-state index in [1.165, 1.54) is 6.07 Å². The lowest BCUT2D eigenvalue weighted by Gasteiger charge is -2.14. The van der Waals surface area contributed by atoms with Crippen LogP contribution in [0.4, 0.5) is 11.4 Å². The molecular weight excluding hydrogens is 336 g/mol. The minimum absolute atomic E-state index is 0.0937. The number of aryl methyl sites for hydroxylation is 1. The van der Waals surface area contributed by atoms with Crippen molar-refractivity contribution in [2.24, 2.45) is 7.05 Å². The summed E-state index contributed by atoms with van der Waals surface area (Å²) in [6, 6.07) is 4.71. The van der Waals surface area contributed by atoms with E-state index >= 15 is 0 Å². The zero-order valence-electron chi connectivity index (χ0n) is 14.8. The van der Waals surface area contributed by atoms with Gasteiger partial charge in [0.25, 0.3) is 5.69 Å². The standard InChI is InChI=1S/C18H22N4O4/c1-20-8-9-21(13-20)10-11-26-18(23)14-6-7-16(17(12-14)22(24)25)19-15-4-2-3-5-15/h6-9,12-13,15H,2-5,10-11H2,1H3/p+1. The Balaban J connectivity index is 1.63. The van der Waals surface area contributed by atoms with Crippen molar-refractivity contribution < 1.29 is 19.0 Å². The van der Waals surface area contributed by atoms with E-state index in [2.05, 4.69) is 5.32 Å². The van der Waals surface area contributed by atoms with Crippen LogP contribution in [0.25, 0.3) is 0 Å². The van der Waals surface area contributed by atoms with Crippen LogP contribution in [0.3, 0.4) is 0 Å². The van der Waals surface area contributed by atoms with Gasteiger partial charge in [-0.3, -0.25) is 10.1 Å². The second-order valence-electron chi connectivity index (χ2n) is 6.57. The van der Waals surface area contributed by atoms with Crippen molar-refractivity contribution in [2.75, 3.05) is 11.9 Å². The van der Waals surface area contributed by atoms with Gasteiger partial charge in [-0.15, -0.1) is 0 Å². The highest BCUT2D eigenvalue weighted by atomic mass is 16.6. The van der Waals surface area contributed by atoms with Crippen LogP contribution >= 0.6 is 0 Å². The van der Waals surface area contributed by atoms with Crippen molar-refractivity contribution in [1.29, 1.82) is 0 Å². The van der Waals surface area contributed by atoms with Crippen LogP contribution in [-0.4, -0.2) is 28.1 Å². The SMILES string of the molecule is C[n+]1ccn(CCOC(=O)c2ccc(NC3CCCC3)c([N+](=O)[O-])c2)c1. The van der Waals surface area contributed by atoms with E-state index in [1.54, 1.807) is 12.1 Å². The molecule has 0 bridgehead atoms. The molecule has 1 aliphatic rings. The number of nitro groups is 1. The fourth-order valence-corrected chi connectivity index (χ4v) is 3.18. The first-order valence-corrected chi connectivity index (χ1v) is 8.76. The molecule has 0 amide bonds. The maximum Gasteiger partial charge on any atom is 0.338 e. The molecule has 1 aromatic carbocycles. The van der Waals surface area contributed by atoms with Crippen LogP contribution in [-0.2, 0) is 18.3 Å². The fourth-order valence-electron chi connectivity index (χ4n) is 3.18. The van der Waals surface area contributed by atoms with Gasteiger partial charge >= 0.3 is 5.97 Å². The Morgan fingerprint density at radius 2 is 2.19 bits per heavy atom. The Kier molecular flexibility index (Phi) is 5.50. The predicted molar refractivity (Wildman–Crippen MR) is 94.9 cm³/mol. The second kappa shape index (κ2) is 7.99. The van der Waals surface area contributed by atoms with Gasteiger partial charge in [0.2, 0.25) is 6.33 Å². The summed E-state index contributed by atoms with van der Waals surface area (Å²) in [5, 5.41) is 14.6. The molecule has 2 aromatic rings. The Bertz CT molecular complexity index is 796. The number of carbonyl (C=O) groups excluding carboxylic acids is 1. The summed E-state index contributed by atoms with van der Waals surface area (Å²) in [4.78, 5) is 23.1. The quantitative estimate of drug-likeness (QED) is 0.355. The van der Waals surface area contributed by atoms with Gasteiger partial charge in [0, 0.05) is 12.1 Å². The van der Waals surface area contributed by atoms with Gasteiger partial charge in [-0.1, -0.05) is 12.8 Å². The topological polar surface area (TPSA) is 90.3 Å². The Morgan fingerprint density at radius 1 is 1.42 bits per heavy atom. The van der Waals surface area contributed by atoms with E-state index in [9.17, 15) is 14.9 Å². The van der Waals surface area contributed by atoms with Crippen LogP contribution in [0.2, 0.25) is 0 Å². The van der Waals surface area contributed by atoms with Crippen molar-refractivity contribution in [3.63, 3.8) is 0 Å². The molecule has 0 spiro atoms. The zero-order valence-corrected chi connectivity index (χ0v) is 14.8. The van der Waals surface area contributed by atoms with E-state index in [1.807, 2.05) is 34.9 Å². The van der Waals surface area contributed by atoms with Gasteiger partial charge in [-0.25, -0.2) is 13.9 Å². The molecule has 8 heteroatoms. The molecule has 26 heavy (non-hydrogen) atoms. The number of nitrogens with zero attached hydrogens (tertiary/aromatic N) is 3. The highest BCUT2D eigenvalue weighted by Crippen LogP contribution is 2.30. The summed E-state index contributed by atoms with van der Waals surface area (Å²) < 4.78 is 9.02. The van der Waals surface area contributed by atoms with Crippen molar-refractivity contribution in [2.45, 2.75) is 38.3 Å². The summed E-state index contributed by atoms with van der Waals surface area (Å²) in [5.74, 6) is -0.558. The van der Waals surface area contributed by atoms with Crippen molar-refractivity contribution >= 4 is 17.3 Å². The molecule has 1 heterocycles. The molecule has 1 aromatic heterocycles. The van der Waals surface area contributed by atoms with Gasteiger partial charge < -0.3 is 10.1 Å². The minimum atomic E-state index is -0.558. The molecular formula is C18H23N4O4+. The maximum absolute atomic E-state index is 12.2. The molecule has 1 N–H and O–H groups in total. The summed E-state index contributed by atoms with van der Waals surface area (Å²) in [7, 11) is 1.91. The molecule has 1 saturated carbocycles.